The van der Waals surface area contributed by atoms with Crippen LogP contribution in [0, 0.1) is 0 Å². The van der Waals surface area contributed by atoms with Crippen molar-refractivity contribution < 1.29 is 28.5 Å². The molecule has 4 atom stereocenters. The number of amides is 1. The molecule has 7 nitrogen and oxygen atoms in total. The number of hydrogen-bond donors (Lipinski definition) is 0. The molecule has 8 heteroatoms. The Hall–Kier alpha value is -2.29. The van der Waals surface area contributed by atoms with Gasteiger partial charge in [-0.25, -0.2) is 4.79 Å². The maximum Gasteiger partial charge on any atom is 0.331 e. The van der Waals surface area contributed by atoms with Crippen LogP contribution in [0.1, 0.15) is 57.4 Å². The molecule has 0 saturated carbocycles. The number of esters is 1. The molecule has 2 saturated heterocycles. The summed E-state index contributed by atoms with van der Waals surface area (Å²) in [5.41, 5.74) is 1.08. The largest absolute Gasteiger partial charge is 0.497 e. The van der Waals surface area contributed by atoms with Crippen LogP contribution in [-0.4, -0.2) is 60.1 Å². The van der Waals surface area contributed by atoms with Crippen molar-refractivity contribution >= 4 is 23.0 Å². The second kappa shape index (κ2) is 12.3. The van der Waals surface area contributed by atoms with Crippen molar-refractivity contribution in [1.82, 2.24) is 4.90 Å². The van der Waals surface area contributed by atoms with E-state index in [-0.39, 0.29) is 23.4 Å². The molecule has 2 bridgehead atoms. The summed E-state index contributed by atoms with van der Waals surface area (Å²) in [6.07, 6.45) is 10.8. The van der Waals surface area contributed by atoms with Gasteiger partial charge in [-0.3, -0.25) is 4.79 Å². The van der Waals surface area contributed by atoms with Gasteiger partial charge in [-0.2, -0.15) is 0 Å². The SMILES string of the molecule is COc1ccc(CN2C(=O)SC[C@H]2[C@]23C[C@@H](CCCC=CCCC(C)=CC(=O)O2)O[C@@H](OC)C3)cc1. The quantitative estimate of drug-likeness (QED) is 0.371. The van der Waals surface area contributed by atoms with E-state index in [1.165, 1.54) is 11.8 Å². The lowest BCUT2D eigenvalue weighted by atomic mass is 9.81. The Balaban J connectivity index is 1.66. The molecule has 0 N–H and O–H groups in total. The van der Waals surface area contributed by atoms with Gasteiger partial charge in [-0.1, -0.05) is 41.6 Å². The van der Waals surface area contributed by atoms with Crippen LogP contribution in [-0.2, 0) is 25.5 Å². The molecule has 0 unspecified atom stereocenters. The lowest BCUT2D eigenvalue weighted by Gasteiger charge is -2.48. The Bertz CT molecular complexity index is 977. The number of nitrogens with zero attached hydrogens (tertiary/aromatic N) is 1. The summed E-state index contributed by atoms with van der Waals surface area (Å²) in [5, 5.41) is -0.00508. The molecule has 0 spiro atoms. The van der Waals surface area contributed by atoms with Gasteiger partial charge in [0, 0.05) is 38.3 Å². The molecular formula is C28H37NO6S. The van der Waals surface area contributed by atoms with Crippen LogP contribution in [0.4, 0.5) is 4.79 Å². The number of ether oxygens (including phenoxy) is 4. The number of allylic oxidation sites excluding steroid dienone is 3. The van der Waals surface area contributed by atoms with E-state index in [9.17, 15) is 9.59 Å². The zero-order chi connectivity index (χ0) is 25.5. The number of benzene rings is 1. The Morgan fingerprint density at radius 1 is 1.11 bits per heavy atom. The zero-order valence-corrected chi connectivity index (χ0v) is 22.3. The van der Waals surface area contributed by atoms with Gasteiger partial charge in [0.05, 0.1) is 19.3 Å². The second-order valence-corrected chi connectivity index (χ2v) is 10.8. The highest BCUT2D eigenvalue weighted by Gasteiger charge is 2.55. The summed E-state index contributed by atoms with van der Waals surface area (Å²) in [7, 11) is 3.25. The molecule has 3 heterocycles. The van der Waals surface area contributed by atoms with Gasteiger partial charge in [0.15, 0.2) is 6.29 Å². The molecule has 36 heavy (non-hydrogen) atoms. The molecule has 2 fully saturated rings. The van der Waals surface area contributed by atoms with E-state index in [1.807, 2.05) is 36.1 Å². The van der Waals surface area contributed by atoms with Gasteiger partial charge < -0.3 is 23.8 Å². The third-order valence-electron chi connectivity index (χ3n) is 7.22. The van der Waals surface area contributed by atoms with E-state index >= 15 is 0 Å². The van der Waals surface area contributed by atoms with Crippen LogP contribution in [0.2, 0.25) is 0 Å². The van der Waals surface area contributed by atoms with Gasteiger partial charge in [0.2, 0.25) is 0 Å². The van der Waals surface area contributed by atoms with Gasteiger partial charge in [0.1, 0.15) is 11.4 Å². The van der Waals surface area contributed by atoms with Crippen molar-refractivity contribution in [3.8, 4) is 5.75 Å². The number of methoxy groups -OCH3 is 2. The maximum absolute atomic E-state index is 13.2. The number of fused-ring (bicyclic) bond motifs is 2. The molecule has 3 aliphatic heterocycles. The molecule has 4 rings (SSSR count). The minimum Gasteiger partial charge on any atom is -0.497 e. The van der Waals surface area contributed by atoms with Gasteiger partial charge in [0.25, 0.3) is 5.24 Å². The van der Waals surface area contributed by atoms with Crippen molar-refractivity contribution in [1.29, 1.82) is 0 Å². The fourth-order valence-electron chi connectivity index (χ4n) is 5.30. The summed E-state index contributed by atoms with van der Waals surface area (Å²) < 4.78 is 23.6. The van der Waals surface area contributed by atoms with E-state index in [0.717, 1.165) is 49.0 Å². The predicted molar refractivity (Wildman–Crippen MR) is 140 cm³/mol. The smallest absolute Gasteiger partial charge is 0.331 e. The Morgan fingerprint density at radius 2 is 1.89 bits per heavy atom. The number of carbonyl (C=O) groups excluding carboxylic acids is 2. The normalized spacial score (nSPS) is 29.9. The lowest BCUT2D eigenvalue weighted by molar-refractivity contribution is -0.247. The third kappa shape index (κ3) is 6.52. The number of carbonyl (C=O) groups is 2. The van der Waals surface area contributed by atoms with Gasteiger partial charge >= 0.3 is 5.97 Å². The summed E-state index contributed by atoms with van der Waals surface area (Å²) >= 11 is 1.28. The van der Waals surface area contributed by atoms with Crippen LogP contribution in [0.25, 0.3) is 0 Å². The first kappa shape index (κ1) is 26.8. The van der Waals surface area contributed by atoms with E-state index in [0.29, 0.717) is 25.1 Å². The van der Waals surface area contributed by atoms with Gasteiger partial charge in [-0.15, -0.1) is 0 Å². The molecule has 1 aromatic carbocycles. The number of hydrogen-bond acceptors (Lipinski definition) is 7. The number of thioether (sulfide) groups is 1. The molecule has 0 radical (unpaired) electrons. The number of rotatable bonds is 5. The van der Waals surface area contributed by atoms with E-state index in [4.69, 9.17) is 18.9 Å². The monoisotopic (exact) mass is 515 g/mol. The summed E-state index contributed by atoms with van der Waals surface area (Å²) in [6, 6.07) is 7.43. The third-order valence-corrected chi connectivity index (χ3v) is 8.19. The van der Waals surface area contributed by atoms with Crippen LogP contribution >= 0.6 is 11.8 Å². The van der Waals surface area contributed by atoms with Crippen molar-refractivity contribution in [3.63, 3.8) is 0 Å². The highest BCUT2D eigenvalue weighted by molar-refractivity contribution is 8.13. The molecule has 0 aromatic heterocycles. The molecule has 1 amide bonds. The topological polar surface area (TPSA) is 74.3 Å². The molecule has 3 aliphatic rings. The summed E-state index contributed by atoms with van der Waals surface area (Å²) in [6.45, 7) is 2.39. The Kier molecular flexibility index (Phi) is 9.14. The van der Waals surface area contributed by atoms with Crippen LogP contribution < -0.4 is 4.74 Å². The average Bonchev–Trinajstić information content (AvgIpc) is 3.23. The van der Waals surface area contributed by atoms with Crippen LogP contribution in [0.15, 0.2) is 48.1 Å². The summed E-state index contributed by atoms with van der Waals surface area (Å²) in [4.78, 5) is 28.2. The van der Waals surface area contributed by atoms with Crippen molar-refractivity contribution in [2.45, 2.75) is 82.5 Å². The Morgan fingerprint density at radius 3 is 2.64 bits per heavy atom. The van der Waals surface area contributed by atoms with E-state index < -0.39 is 11.9 Å². The fourth-order valence-corrected chi connectivity index (χ4v) is 6.44. The highest BCUT2D eigenvalue weighted by Crippen LogP contribution is 2.44. The maximum atomic E-state index is 13.2. The highest BCUT2D eigenvalue weighted by atomic mass is 32.2. The minimum absolute atomic E-state index is 0.00508. The van der Waals surface area contributed by atoms with Crippen LogP contribution in [0.3, 0.4) is 0 Å². The first-order valence-corrected chi connectivity index (χ1v) is 13.7. The van der Waals surface area contributed by atoms with Gasteiger partial charge in [-0.05, 0) is 56.7 Å². The first-order valence-electron chi connectivity index (χ1n) is 12.7. The Labute approximate surface area is 218 Å². The minimum atomic E-state index is -0.900. The van der Waals surface area contributed by atoms with Crippen LogP contribution in [0.5, 0.6) is 5.75 Å². The van der Waals surface area contributed by atoms with Crippen molar-refractivity contribution in [3.05, 3.63) is 53.6 Å². The summed E-state index contributed by atoms with van der Waals surface area (Å²) in [5.74, 6) is 0.956. The second-order valence-electron chi connectivity index (χ2n) is 9.82. The fraction of sp³-hybridized carbons (Fsp3) is 0.571. The molecule has 196 valence electrons. The molecule has 0 aliphatic carbocycles. The predicted octanol–water partition coefficient (Wildman–Crippen LogP) is 5.63. The van der Waals surface area contributed by atoms with E-state index in [1.54, 1.807) is 20.3 Å². The lowest BCUT2D eigenvalue weighted by Crippen LogP contribution is -2.60. The first-order chi connectivity index (χ1) is 17.4. The molecular weight excluding hydrogens is 478 g/mol. The molecule has 1 aromatic rings. The van der Waals surface area contributed by atoms with E-state index in [2.05, 4.69) is 12.2 Å². The zero-order valence-electron chi connectivity index (χ0n) is 21.4. The average molecular weight is 516 g/mol. The van der Waals surface area contributed by atoms with Crippen molar-refractivity contribution in [2.24, 2.45) is 0 Å². The standard InChI is InChI=1S/C28H37NO6S/c1-20-9-7-5-4-6-8-10-23-16-28(35-25(30)15-20,17-26(33-3)34-23)24-19-36-27(31)29(24)18-21-11-13-22(32-2)14-12-21/h4-5,11-15,23-24,26H,6-10,16-19H2,1-3H3/t23-,24+,26-,28-/m1/s1. The van der Waals surface area contributed by atoms with Crippen molar-refractivity contribution in [2.75, 3.05) is 20.0 Å².